The van der Waals surface area contributed by atoms with Gasteiger partial charge in [0, 0.05) is 0 Å². The lowest BCUT2D eigenvalue weighted by Gasteiger charge is -2.35. The standard InChI is InChI=1S/C9H18O3Si/c1-9(2,3)13(4,5)12-8-7(6-10)11-8/h6-8H,1-5H3/t7-,8-/m1/s1. The molecule has 1 heterocycles. The Kier molecular flexibility index (Phi) is 2.67. The number of rotatable bonds is 3. The molecule has 0 aromatic carbocycles. The molecule has 0 N–H and O–H groups in total. The zero-order valence-electron chi connectivity index (χ0n) is 8.96. The second-order valence-corrected chi connectivity index (χ2v) is 9.74. The van der Waals surface area contributed by atoms with E-state index in [2.05, 4.69) is 33.9 Å². The van der Waals surface area contributed by atoms with Crippen molar-refractivity contribution in [2.45, 2.75) is 51.3 Å². The first-order valence-electron chi connectivity index (χ1n) is 4.56. The van der Waals surface area contributed by atoms with E-state index in [1.54, 1.807) is 0 Å². The van der Waals surface area contributed by atoms with Gasteiger partial charge in [-0.05, 0) is 18.1 Å². The van der Waals surface area contributed by atoms with Crippen LogP contribution in [0.3, 0.4) is 0 Å². The van der Waals surface area contributed by atoms with E-state index >= 15 is 0 Å². The minimum atomic E-state index is -1.75. The third kappa shape index (κ3) is 2.39. The van der Waals surface area contributed by atoms with Gasteiger partial charge in [-0.15, -0.1) is 0 Å². The SMILES string of the molecule is CC(C)(C)[Si](C)(C)O[C@H]1O[C@@H]1C=O. The molecule has 0 amide bonds. The average Bonchev–Trinajstić information content (AvgIpc) is 2.63. The van der Waals surface area contributed by atoms with Crippen LogP contribution in [0, 0.1) is 0 Å². The maximum Gasteiger partial charge on any atom is 0.195 e. The summed E-state index contributed by atoms with van der Waals surface area (Å²) >= 11 is 0. The van der Waals surface area contributed by atoms with Crippen molar-refractivity contribution in [3.05, 3.63) is 0 Å². The lowest BCUT2D eigenvalue weighted by molar-refractivity contribution is -0.108. The van der Waals surface area contributed by atoms with E-state index in [0.717, 1.165) is 6.29 Å². The summed E-state index contributed by atoms with van der Waals surface area (Å²) in [6.07, 6.45) is 0.227. The van der Waals surface area contributed by atoms with E-state index in [0.29, 0.717) is 0 Å². The van der Waals surface area contributed by atoms with Crippen LogP contribution in [0.1, 0.15) is 20.8 Å². The molecular formula is C9H18O3Si. The maximum absolute atomic E-state index is 10.3. The number of hydrogen-bond acceptors (Lipinski definition) is 3. The van der Waals surface area contributed by atoms with Crippen LogP contribution in [0.25, 0.3) is 0 Å². The molecule has 13 heavy (non-hydrogen) atoms. The molecular weight excluding hydrogens is 184 g/mol. The molecule has 0 radical (unpaired) electrons. The molecule has 2 atom stereocenters. The van der Waals surface area contributed by atoms with E-state index in [1.165, 1.54) is 0 Å². The van der Waals surface area contributed by atoms with Crippen LogP contribution in [0.5, 0.6) is 0 Å². The summed E-state index contributed by atoms with van der Waals surface area (Å²) in [4.78, 5) is 10.3. The molecule has 0 saturated carbocycles. The Hall–Kier alpha value is -0.193. The largest absolute Gasteiger partial charge is 0.390 e. The summed E-state index contributed by atoms with van der Waals surface area (Å²) in [7, 11) is -1.75. The molecule has 1 rings (SSSR count). The van der Waals surface area contributed by atoms with Gasteiger partial charge in [0.25, 0.3) is 0 Å². The van der Waals surface area contributed by atoms with Crippen molar-refractivity contribution >= 4 is 14.6 Å². The molecule has 3 nitrogen and oxygen atoms in total. The van der Waals surface area contributed by atoms with Crippen molar-refractivity contribution in [2.24, 2.45) is 0 Å². The fourth-order valence-corrected chi connectivity index (χ4v) is 1.89. The van der Waals surface area contributed by atoms with Crippen molar-refractivity contribution in [1.82, 2.24) is 0 Å². The molecule has 0 bridgehead atoms. The molecule has 0 spiro atoms. The van der Waals surface area contributed by atoms with E-state index < -0.39 is 8.32 Å². The van der Waals surface area contributed by atoms with Crippen LogP contribution in [0.15, 0.2) is 0 Å². The van der Waals surface area contributed by atoms with Gasteiger partial charge in [-0.1, -0.05) is 20.8 Å². The summed E-state index contributed by atoms with van der Waals surface area (Å²) in [5.41, 5.74) is 0. The molecule has 0 unspecified atom stereocenters. The van der Waals surface area contributed by atoms with Gasteiger partial charge in [-0.25, -0.2) is 0 Å². The summed E-state index contributed by atoms with van der Waals surface area (Å²) < 4.78 is 10.8. The van der Waals surface area contributed by atoms with E-state index in [9.17, 15) is 4.79 Å². The summed E-state index contributed by atoms with van der Waals surface area (Å²) in [5.74, 6) is 0. The Morgan fingerprint density at radius 1 is 1.38 bits per heavy atom. The number of hydrogen-bond donors (Lipinski definition) is 0. The number of epoxide rings is 1. The number of ether oxygens (including phenoxy) is 1. The molecule has 0 aromatic rings. The van der Waals surface area contributed by atoms with Gasteiger partial charge in [0.1, 0.15) is 0 Å². The maximum atomic E-state index is 10.3. The highest BCUT2D eigenvalue weighted by molar-refractivity contribution is 6.74. The van der Waals surface area contributed by atoms with Gasteiger partial charge in [-0.2, -0.15) is 0 Å². The van der Waals surface area contributed by atoms with Crippen LogP contribution in [-0.4, -0.2) is 27.0 Å². The zero-order chi connectivity index (χ0) is 10.3. The van der Waals surface area contributed by atoms with Gasteiger partial charge in [-0.3, -0.25) is 0 Å². The Bertz CT molecular complexity index is 207. The lowest BCUT2D eigenvalue weighted by Crippen LogP contribution is -2.42. The highest BCUT2D eigenvalue weighted by atomic mass is 28.4. The molecule has 1 aliphatic rings. The average molecular weight is 202 g/mol. The predicted molar refractivity (Wildman–Crippen MR) is 53.0 cm³/mol. The highest BCUT2D eigenvalue weighted by Gasteiger charge is 2.48. The first-order chi connectivity index (χ1) is 5.78. The van der Waals surface area contributed by atoms with Gasteiger partial charge in [0.2, 0.25) is 0 Å². The molecule has 1 aliphatic heterocycles. The van der Waals surface area contributed by atoms with Crippen LogP contribution < -0.4 is 0 Å². The number of carbonyl (C=O) groups excluding carboxylic acids is 1. The molecule has 1 saturated heterocycles. The van der Waals surface area contributed by atoms with Gasteiger partial charge in [0.15, 0.2) is 27.0 Å². The van der Waals surface area contributed by atoms with Crippen LogP contribution in [-0.2, 0) is 14.0 Å². The first-order valence-corrected chi connectivity index (χ1v) is 7.47. The smallest absolute Gasteiger partial charge is 0.195 e. The topological polar surface area (TPSA) is 38.8 Å². The summed E-state index contributed by atoms with van der Waals surface area (Å²) in [5, 5.41) is 0.173. The van der Waals surface area contributed by atoms with Crippen LogP contribution in [0.2, 0.25) is 18.1 Å². The van der Waals surface area contributed by atoms with E-state index in [1.807, 2.05) is 0 Å². The fourth-order valence-electron chi connectivity index (χ4n) is 0.768. The van der Waals surface area contributed by atoms with Crippen molar-refractivity contribution in [2.75, 3.05) is 0 Å². The van der Waals surface area contributed by atoms with Crippen molar-refractivity contribution in [3.63, 3.8) is 0 Å². The minimum Gasteiger partial charge on any atom is -0.390 e. The Morgan fingerprint density at radius 3 is 2.23 bits per heavy atom. The molecule has 0 aliphatic carbocycles. The quantitative estimate of drug-likeness (QED) is 0.399. The molecule has 1 fully saturated rings. The van der Waals surface area contributed by atoms with Gasteiger partial charge < -0.3 is 14.0 Å². The van der Waals surface area contributed by atoms with E-state index in [4.69, 9.17) is 9.16 Å². The Balaban J connectivity index is 2.49. The number of aldehydes is 1. The molecule has 0 aromatic heterocycles. The summed E-state index contributed by atoms with van der Waals surface area (Å²) in [6.45, 7) is 10.8. The normalized spacial score (nSPS) is 28.7. The second-order valence-electron chi connectivity index (χ2n) is 4.98. The second kappa shape index (κ2) is 3.19. The van der Waals surface area contributed by atoms with E-state index in [-0.39, 0.29) is 17.4 Å². The van der Waals surface area contributed by atoms with Crippen molar-refractivity contribution in [3.8, 4) is 0 Å². The third-order valence-corrected chi connectivity index (χ3v) is 7.27. The molecule has 76 valence electrons. The van der Waals surface area contributed by atoms with Crippen molar-refractivity contribution < 1.29 is 14.0 Å². The fraction of sp³-hybridized carbons (Fsp3) is 0.889. The minimum absolute atomic E-state index is 0.173. The first kappa shape index (κ1) is 10.9. The number of carbonyl (C=O) groups is 1. The monoisotopic (exact) mass is 202 g/mol. The van der Waals surface area contributed by atoms with Gasteiger partial charge in [0.05, 0.1) is 0 Å². The lowest BCUT2D eigenvalue weighted by atomic mass is 10.2. The molecule has 4 heteroatoms. The highest BCUT2D eigenvalue weighted by Crippen LogP contribution is 2.40. The van der Waals surface area contributed by atoms with Crippen LogP contribution >= 0.6 is 0 Å². The van der Waals surface area contributed by atoms with Gasteiger partial charge >= 0.3 is 0 Å². The summed E-state index contributed by atoms with van der Waals surface area (Å²) in [6, 6.07) is 0. The van der Waals surface area contributed by atoms with Crippen LogP contribution in [0.4, 0.5) is 0 Å². The zero-order valence-corrected chi connectivity index (χ0v) is 9.96. The Labute approximate surface area is 80.5 Å². The predicted octanol–water partition coefficient (Wildman–Crippen LogP) is 1.93. The Morgan fingerprint density at radius 2 is 1.92 bits per heavy atom. The van der Waals surface area contributed by atoms with Crippen molar-refractivity contribution in [1.29, 1.82) is 0 Å². The third-order valence-electron chi connectivity index (χ3n) is 2.83.